The minimum absolute atomic E-state index is 0.0820. The SMILES string of the molecule is CCCCc1cc2c(=O)c(I)c(C)[nH]c2cc1OCCOc1ccccc1. The zero-order valence-electron chi connectivity index (χ0n) is 15.7. The van der Waals surface area contributed by atoms with Crippen LogP contribution in [0.1, 0.15) is 31.0 Å². The zero-order valence-corrected chi connectivity index (χ0v) is 17.8. The highest BCUT2D eigenvalue weighted by Crippen LogP contribution is 2.26. The van der Waals surface area contributed by atoms with E-state index < -0.39 is 0 Å². The van der Waals surface area contributed by atoms with Gasteiger partial charge in [-0.1, -0.05) is 31.5 Å². The highest BCUT2D eigenvalue weighted by Gasteiger charge is 2.12. The van der Waals surface area contributed by atoms with E-state index in [0.717, 1.165) is 56.5 Å². The fraction of sp³-hybridized carbons (Fsp3) is 0.318. The van der Waals surface area contributed by atoms with E-state index in [4.69, 9.17) is 9.47 Å². The average molecular weight is 477 g/mol. The minimum Gasteiger partial charge on any atom is -0.490 e. The molecule has 5 heteroatoms. The normalized spacial score (nSPS) is 10.9. The van der Waals surface area contributed by atoms with Crippen LogP contribution < -0.4 is 14.9 Å². The maximum atomic E-state index is 12.6. The molecule has 0 saturated heterocycles. The summed E-state index contributed by atoms with van der Waals surface area (Å²) in [5, 5.41) is 0.726. The van der Waals surface area contributed by atoms with Gasteiger partial charge in [0, 0.05) is 17.1 Å². The van der Waals surface area contributed by atoms with Gasteiger partial charge < -0.3 is 14.5 Å². The first-order valence-electron chi connectivity index (χ1n) is 9.25. The van der Waals surface area contributed by atoms with Crippen molar-refractivity contribution in [1.82, 2.24) is 4.98 Å². The molecule has 0 fully saturated rings. The van der Waals surface area contributed by atoms with Crippen molar-refractivity contribution in [2.24, 2.45) is 0 Å². The third-order valence-electron chi connectivity index (χ3n) is 4.45. The smallest absolute Gasteiger partial charge is 0.202 e. The summed E-state index contributed by atoms with van der Waals surface area (Å²) in [6.45, 7) is 5.00. The monoisotopic (exact) mass is 477 g/mol. The van der Waals surface area contributed by atoms with Crippen LogP contribution in [0.4, 0.5) is 0 Å². The van der Waals surface area contributed by atoms with Crippen LogP contribution >= 0.6 is 22.6 Å². The minimum atomic E-state index is 0.0820. The molecule has 0 aliphatic carbocycles. The second-order valence-corrected chi connectivity index (χ2v) is 7.59. The summed E-state index contributed by atoms with van der Waals surface area (Å²) in [4.78, 5) is 15.9. The number of nitrogens with one attached hydrogen (secondary N) is 1. The fourth-order valence-corrected chi connectivity index (χ4v) is 3.41. The van der Waals surface area contributed by atoms with E-state index >= 15 is 0 Å². The van der Waals surface area contributed by atoms with E-state index in [0.29, 0.717) is 13.2 Å². The molecule has 0 unspecified atom stereocenters. The molecule has 0 aliphatic rings. The van der Waals surface area contributed by atoms with Gasteiger partial charge in [-0.15, -0.1) is 0 Å². The van der Waals surface area contributed by atoms with Crippen LogP contribution in [0.25, 0.3) is 10.9 Å². The lowest BCUT2D eigenvalue weighted by molar-refractivity contribution is 0.216. The molecule has 27 heavy (non-hydrogen) atoms. The number of aromatic amines is 1. The molecule has 0 amide bonds. The first-order chi connectivity index (χ1) is 13.1. The van der Waals surface area contributed by atoms with Crippen molar-refractivity contribution in [3.63, 3.8) is 0 Å². The Morgan fingerprint density at radius 1 is 1.07 bits per heavy atom. The third kappa shape index (κ3) is 4.83. The number of pyridine rings is 1. The van der Waals surface area contributed by atoms with E-state index in [1.54, 1.807) is 0 Å². The molecule has 0 bridgehead atoms. The highest BCUT2D eigenvalue weighted by molar-refractivity contribution is 14.1. The Labute approximate surface area is 173 Å². The van der Waals surface area contributed by atoms with E-state index in [9.17, 15) is 4.79 Å². The molecule has 4 nitrogen and oxygen atoms in total. The molecular formula is C22H24INO3. The molecule has 0 saturated carbocycles. The van der Waals surface area contributed by atoms with Crippen molar-refractivity contribution >= 4 is 33.5 Å². The van der Waals surface area contributed by atoms with Crippen LogP contribution in [-0.2, 0) is 6.42 Å². The van der Waals surface area contributed by atoms with Crippen LogP contribution in [0.15, 0.2) is 47.3 Å². The Hall–Kier alpha value is -2.02. The lowest BCUT2D eigenvalue weighted by atomic mass is 10.0. The summed E-state index contributed by atoms with van der Waals surface area (Å²) in [5.41, 5.74) is 2.86. The molecule has 1 N–H and O–H groups in total. The van der Waals surface area contributed by atoms with Crippen molar-refractivity contribution in [2.75, 3.05) is 13.2 Å². The van der Waals surface area contributed by atoms with Gasteiger partial charge in [0.15, 0.2) is 0 Å². The molecule has 1 heterocycles. The van der Waals surface area contributed by atoms with Gasteiger partial charge in [0.05, 0.1) is 9.09 Å². The fourth-order valence-electron chi connectivity index (χ4n) is 2.99. The predicted octanol–water partition coefficient (Wildman–Crippen LogP) is 5.24. The van der Waals surface area contributed by atoms with Crippen LogP contribution in [-0.4, -0.2) is 18.2 Å². The summed E-state index contributed by atoms with van der Waals surface area (Å²) in [7, 11) is 0. The van der Waals surface area contributed by atoms with E-state index in [1.165, 1.54) is 0 Å². The summed E-state index contributed by atoms with van der Waals surface area (Å²) in [6, 6.07) is 13.6. The maximum Gasteiger partial charge on any atom is 0.202 e. The molecular weight excluding hydrogens is 453 g/mol. The van der Waals surface area contributed by atoms with Gasteiger partial charge in [0.1, 0.15) is 24.7 Å². The maximum absolute atomic E-state index is 12.6. The number of aryl methyl sites for hydroxylation is 2. The molecule has 0 atom stereocenters. The summed E-state index contributed by atoms with van der Waals surface area (Å²) >= 11 is 2.11. The lowest BCUT2D eigenvalue weighted by Gasteiger charge is -2.14. The molecule has 3 aromatic rings. The Morgan fingerprint density at radius 2 is 1.81 bits per heavy atom. The van der Waals surface area contributed by atoms with Gasteiger partial charge in [-0.2, -0.15) is 0 Å². The number of aromatic nitrogens is 1. The second kappa shape index (κ2) is 9.26. The Kier molecular flexibility index (Phi) is 6.77. The number of fused-ring (bicyclic) bond motifs is 1. The number of para-hydroxylation sites is 1. The highest BCUT2D eigenvalue weighted by atomic mass is 127. The Balaban J connectivity index is 1.81. The number of rotatable bonds is 8. The third-order valence-corrected chi connectivity index (χ3v) is 5.75. The summed E-state index contributed by atoms with van der Waals surface area (Å²) in [6.07, 6.45) is 3.05. The molecule has 0 radical (unpaired) electrons. The van der Waals surface area contributed by atoms with Gasteiger partial charge in [-0.05, 0) is 66.1 Å². The zero-order chi connectivity index (χ0) is 19.2. The first kappa shape index (κ1) is 19.7. The predicted molar refractivity (Wildman–Crippen MR) is 118 cm³/mol. The van der Waals surface area contributed by atoms with E-state index in [1.807, 2.05) is 49.4 Å². The Morgan fingerprint density at radius 3 is 2.56 bits per heavy atom. The van der Waals surface area contributed by atoms with Crippen molar-refractivity contribution < 1.29 is 9.47 Å². The van der Waals surface area contributed by atoms with Crippen LogP contribution in [0.5, 0.6) is 11.5 Å². The average Bonchev–Trinajstić information content (AvgIpc) is 2.69. The largest absolute Gasteiger partial charge is 0.490 e. The standard InChI is InChI=1S/C22H24INO3/c1-3-4-8-16-13-18-19(24-15(2)21(23)22(18)25)14-20(16)27-12-11-26-17-9-6-5-7-10-17/h5-7,9-10,13-14H,3-4,8,11-12H2,1-2H3,(H,24,25). The Bertz CT molecular complexity index is 967. The number of halogens is 1. The molecule has 0 spiro atoms. The number of hydrogen-bond donors (Lipinski definition) is 1. The quantitative estimate of drug-likeness (QED) is 0.357. The second-order valence-electron chi connectivity index (χ2n) is 6.51. The van der Waals surface area contributed by atoms with Crippen molar-refractivity contribution in [2.45, 2.75) is 33.1 Å². The van der Waals surface area contributed by atoms with Crippen molar-refractivity contribution in [3.05, 3.63) is 67.5 Å². The molecule has 0 aliphatic heterocycles. The van der Waals surface area contributed by atoms with Crippen LogP contribution in [0, 0.1) is 10.5 Å². The topological polar surface area (TPSA) is 51.3 Å². The van der Waals surface area contributed by atoms with Gasteiger partial charge in [0.2, 0.25) is 5.43 Å². The van der Waals surface area contributed by atoms with Crippen LogP contribution in [0.2, 0.25) is 0 Å². The van der Waals surface area contributed by atoms with E-state index in [-0.39, 0.29) is 5.43 Å². The number of hydrogen-bond acceptors (Lipinski definition) is 3. The molecule has 142 valence electrons. The molecule has 1 aromatic heterocycles. The first-order valence-corrected chi connectivity index (χ1v) is 10.3. The summed E-state index contributed by atoms with van der Waals surface area (Å²) in [5.74, 6) is 1.66. The van der Waals surface area contributed by atoms with Crippen molar-refractivity contribution in [3.8, 4) is 11.5 Å². The van der Waals surface area contributed by atoms with E-state index in [2.05, 4.69) is 34.5 Å². The van der Waals surface area contributed by atoms with Crippen molar-refractivity contribution in [1.29, 1.82) is 0 Å². The molecule has 3 rings (SSSR count). The van der Waals surface area contributed by atoms with Gasteiger partial charge >= 0.3 is 0 Å². The number of ether oxygens (including phenoxy) is 2. The number of H-pyrrole nitrogens is 1. The van der Waals surface area contributed by atoms with Gasteiger partial charge in [0.25, 0.3) is 0 Å². The van der Waals surface area contributed by atoms with Gasteiger partial charge in [-0.25, -0.2) is 0 Å². The number of unbranched alkanes of at least 4 members (excludes halogenated alkanes) is 1. The summed E-state index contributed by atoms with van der Waals surface area (Å²) < 4.78 is 12.5. The molecule has 2 aromatic carbocycles. The number of benzene rings is 2. The van der Waals surface area contributed by atoms with Crippen LogP contribution in [0.3, 0.4) is 0 Å². The lowest BCUT2D eigenvalue weighted by Crippen LogP contribution is -2.13. The van der Waals surface area contributed by atoms with Gasteiger partial charge in [-0.3, -0.25) is 4.79 Å².